The summed E-state index contributed by atoms with van der Waals surface area (Å²) in [6, 6.07) is 0. The molecule has 0 aliphatic rings. The molecule has 4 nitrogen and oxygen atoms in total. The van der Waals surface area contributed by atoms with Gasteiger partial charge < -0.3 is 15.4 Å². The zero-order valence-electron chi connectivity index (χ0n) is 8.18. The predicted octanol–water partition coefficient (Wildman–Crippen LogP) is -0.255. The molecular formula is C8H18N2O2. The number of likely N-dealkylation sites (N-methyl/N-ethyl adjacent to an activating group) is 2. The Morgan fingerprint density at radius 1 is 1.42 bits per heavy atom. The second-order valence-electron chi connectivity index (χ2n) is 2.76. The van der Waals surface area contributed by atoms with Crippen LogP contribution in [0.1, 0.15) is 13.8 Å². The van der Waals surface area contributed by atoms with Crippen molar-refractivity contribution in [3.8, 4) is 0 Å². The molecule has 2 unspecified atom stereocenters. The number of hydrogen-bond acceptors (Lipinski definition) is 3. The Bertz CT molecular complexity index is 139. The molecule has 0 saturated heterocycles. The molecule has 0 aromatic carbocycles. The molecule has 0 heterocycles. The minimum absolute atomic E-state index is 0.0577. The highest BCUT2D eigenvalue weighted by molar-refractivity contribution is 5.79. The van der Waals surface area contributed by atoms with Crippen LogP contribution in [0.5, 0.6) is 0 Å². The molecule has 0 fully saturated rings. The van der Waals surface area contributed by atoms with Gasteiger partial charge in [0.1, 0.15) is 6.10 Å². The van der Waals surface area contributed by atoms with Crippen LogP contribution >= 0.6 is 0 Å². The summed E-state index contributed by atoms with van der Waals surface area (Å²) >= 11 is 0. The van der Waals surface area contributed by atoms with Gasteiger partial charge in [-0.25, -0.2) is 0 Å². The number of carbonyl (C=O) groups excluding carboxylic acids is 1. The third kappa shape index (κ3) is 4.31. The Balaban J connectivity index is 3.67. The van der Waals surface area contributed by atoms with Gasteiger partial charge in [-0.1, -0.05) is 0 Å². The van der Waals surface area contributed by atoms with E-state index in [4.69, 9.17) is 4.74 Å². The number of nitrogens with one attached hydrogen (secondary N) is 2. The molecule has 2 N–H and O–H groups in total. The zero-order valence-corrected chi connectivity index (χ0v) is 8.18. The summed E-state index contributed by atoms with van der Waals surface area (Å²) in [5.41, 5.74) is 0. The van der Waals surface area contributed by atoms with Gasteiger partial charge in [0.25, 0.3) is 0 Å². The first-order valence-corrected chi connectivity index (χ1v) is 4.13. The Hall–Kier alpha value is -0.610. The van der Waals surface area contributed by atoms with Gasteiger partial charge in [0.05, 0.1) is 6.10 Å². The number of ether oxygens (including phenoxy) is 1. The van der Waals surface area contributed by atoms with Gasteiger partial charge >= 0.3 is 0 Å². The molecule has 0 saturated carbocycles. The fraction of sp³-hybridized carbons (Fsp3) is 0.875. The lowest BCUT2D eigenvalue weighted by molar-refractivity contribution is -0.134. The smallest absolute Gasteiger partial charge is 0.248 e. The third-order valence-corrected chi connectivity index (χ3v) is 1.54. The minimum atomic E-state index is -0.377. The summed E-state index contributed by atoms with van der Waals surface area (Å²) in [5, 5.41) is 5.50. The van der Waals surface area contributed by atoms with Crippen LogP contribution in [0, 0.1) is 0 Å². The van der Waals surface area contributed by atoms with Crippen LogP contribution < -0.4 is 10.6 Å². The van der Waals surface area contributed by atoms with Gasteiger partial charge in [-0.05, 0) is 20.9 Å². The highest BCUT2D eigenvalue weighted by atomic mass is 16.5. The van der Waals surface area contributed by atoms with E-state index in [1.54, 1.807) is 14.0 Å². The van der Waals surface area contributed by atoms with Crippen LogP contribution in [0.2, 0.25) is 0 Å². The fourth-order valence-electron chi connectivity index (χ4n) is 0.949. The van der Waals surface area contributed by atoms with Gasteiger partial charge in [0, 0.05) is 13.6 Å². The van der Waals surface area contributed by atoms with E-state index >= 15 is 0 Å². The van der Waals surface area contributed by atoms with Crippen LogP contribution in [0.15, 0.2) is 0 Å². The molecule has 0 radical (unpaired) electrons. The van der Waals surface area contributed by atoms with Gasteiger partial charge in [-0.15, -0.1) is 0 Å². The zero-order chi connectivity index (χ0) is 9.56. The number of rotatable bonds is 5. The van der Waals surface area contributed by atoms with E-state index in [0.717, 1.165) is 6.54 Å². The average Bonchev–Trinajstić information content (AvgIpc) is 2.03. The van der Waals surface area contributed by atoms with Crippen molar-refractivity contribution in [2.75, 3.05) is 20.6 Å². The summed E-state index contributed by atoms with van der Waals surface area (Å²) < 4.78 is 5.37. The van der Waals surface area contributed by atoms with Crippen molar-refractivity contribution in [3.63, 3.8) is 0 Å². The average molecular weight is 174 g/mol. The van der Waals surface area contributed by atoms with E-state index in [1.807, 2.05) is 14.0 Å². The largest absolute Gasteiger partial charge is 0.364 e. The minimum Gasteiger partial charge on any atom is -0.364 e. The first-order chi connectivity index (χ1) is 5.61. The van der Waals surface area contributed by atoms with E-state index in [1.165, 1.54) is 0 Å². The molecule has 2 atom stereocenters. The molecular weight excluding hydrogens is 156 g/mol. The van der Waals surface area contributed by atoms with Crippen LogP contribution in [-0.4, -0.2) is 38.8 Å². The van der Waals surface area contributed by atoms with E-state index in [-0.39, 0.29) is 18.1 Å². The second-order valence-corrected chi connectivity index (χ2v) is 2.76. The molecule has 4 heteroatoms. The predicted molar refractivity (Wildman–Crippen MR) is 48.0 cm³/mol. The van der Waals surface area contributed by atoms with Crippen molar-refractivity contribution in [2.45, 2.75) is 26.1 Å². The summed E-state index contributed by atoms with van der Waals surface area (Å²) in [6.45, 7) is 4.42. The van der Waals surface area contributed by atoms with Gasteiger partial charge in [-0.3, -0.25) is 4.79 Å². The van der Waals surface area contributed by atoms with Crippen molar-refractivity contribution in [3.05, 3.63) is 0 Å². The molecule has 0 aromatic rings. The van der Waals surface area contributed by atoms with Gasteiger partial charge in [0.15, 0.2) is 0 Å². The Kier molecular flexibility index (Phi) is 5.66. The van der Waals surface area contributed by atoms with E-state index in [0.29, 0.717) is 0 Å². The Morgan fingerprint density at radius 3 is 2.42 bits per heavy atom. The molecule has 0 rings (SSSR count). The quantitative estimate of drug-likeness (QED) is 0.604. The monoisotopic (exact) mass is 174 g/mol. The Labute approximate surface area is 73.7 Å². The van der Waals surface area contributed by atoms with E-state index in [9.17, 15) is 4.79 Å². The molecule has 0 spiro atoms. The summed E-state index contributed by atoms with van der Waals surface area (Å²) in [6.07, 6.45) is -0.319. The van der Waals surface area contributed by atoms with Crippen LogP contribution in [0.3, 0.4) is 0 Å². The van der Waals surface area contributed by atoms with Crippen molar-refractivity contribution < 1.29 is 9.53 Å². The fourth-order valence-corrected chi connectivity index (χ4v) is 0.949. The lowest BCUT2D eigenvalue weighted by Gasteiger charge is -2.17. The van der Waals surface area contributed by atoms with Crippen molar-refractivity contribution >= 4 is 5.91 Å². The summed E-state index contributed by atoms with van der Waals surface area (Å²) in [4.78, 5) is 11.0. The standard InChI is InChI=1S/C8H18N2O2/c1-6(5-9-3)12-7(2)8(11)10-4/h6-7,9H,5H2,1-4H3,(H,10,11). The summed E-state index contributed by atoms with van der Waals surface area (Å²) in [5.74, 6) is -0.0852. The Morgan fingerprint density at radius 2 is 2.00 bits per heavy atom. The van der Waals surface area contributed by atoms with Crippen molar-refractivity contribution in [1.82, 2.24) is 10.6 Å². The highest BCUT2D eigenvalue weighted by Crippen LogP contribution is 1.96. The van der Waals surface area contributed by atoms with Crippen LogP contribution in [-0.2, 0) is 9.53 Å². The first kappa shape index (κ1) is 11.4. The van der Waals surface area contributed by atoms with Crippen molar-refractivity contribution in [2.24, 2.45) is 0 Å². The summed E-state index contributed by atoms with van der Waals surface area (Å²) in [7, 11) is 3.45. The molecule has 1 amide bonds. The number of hydrogen-bond donors (Lipinski definition) is 2. The molecule has 72 valence electrons. The number of amides is 1. The maximum atomic E-state index is 11.0. The maximum Gasteiger partial charge on any atom is 0.248 e. The maximum absolute atomic E-state index is 11.0. The SMILES string of the molecule is CNCC(C)OC(C)C(=O)NC. The molecule has 0 aliphatic carbocycles. The van der Waals surface area contributed by atoms with E-state index in [2.05, 4.69) is 10.6 Å². The molecule has 0 aliphatic heterocycles. The van der Waals surface area contributed by atoms with Crippen LogP contribution in [0.4, 0.5) is 0 Å². The van der Waals surface area contributed by atoms with Crippen LogP contribution in [0.25, 0.3) is 0 Å². The first-order valence-electron chi connectivity index (χ1n) is 4.13. The highest BCUT2D eigenvalue weighted by Gasteiger charge is 2.13. The molecule has 0 bridgehead atoms. The third-order valence-electron chi connectivity index (χ3n) is 1.54. The normalized spacial score (nSPS) is 15.3. The van der Waals surface area contributed by atoms with Gasteiger partial charge in [0.2, 0.25) is 5.91 Å². The lowest BCUT2D eigenvalue weighted by Crippen LogP contribution is -2.36. The van der Waals surface area contributed by atoms with Gasteiger partial charge in [-0.2, -0.15) is 0 Å². The van der Waals surface area contributed by atoms with E-state index < -0.39 is 0 Å². The molecule has 12 heavy (non-hydrogen) atoms. The second kappa shape index (κ2) is 5.97. The number of carbonyl (C=O) groups is 1. The van der Waals surface area contributed by atoms with Crippen molar-refractivity contribution in [1.29, 1.82) is 0 Å². The topological polar surface area (TPSA) is 50.4 Å². The molecule has 0 aromatic heterocycles. The lowest BCUT2D eigenvalue weighted by atomic mass is 10.3.